The smallest absolute Gasteiger partial charge is 0.387 e. The van der Waals surface area contributed by atoms with E-state index < -0.39 is 22.2 Å². The molecule has 0 N–H and O–H groups in total. The summed E-state index contributed by atoms with van der Waals surface area (Å²) in [5, 5.41) is 3.48. The van der Waals surface area contributed by atoms with Crippen LogP contribution in [0, 0.1) is 0 Å². The number of amides is 1. The molecule has 0 saturated carbocycles. The largest absolute Gasteiger partial charge is 0.464 e. The lowest BCUT2D eigenvalue weighted by Gasteiger charge is -1.97. The van der Waals surface area contributed by atoms with E-state index >= 15 is 0 Å². The van der Waals surface area contributed by atoms with Crippen LogP contribution in [0.5, 0.6) is 6.01 Å². The van der Waals surface area contributed by atoms with Crippen LogP contribution in [0.25, 0.3) is 0 Å². The Morgan fingerprint density at radius 2 is 2.19 bits per heavy atom. The van der Waals surface area contributed by atoms with Gasteiger partial charge in [0.1, 0.15) is 0 Å². The Morgan fingerprint density at radius 3 is 2.69 bits per heavy atom. The van der Waals surface area contributed by atoms with Crippen molar-refractivity contribution in [2.24, 2.45) is 11.4 Å². The van der Waals surface area contributed by atoms with Gasteiger partial charge in [0.15, 0.2) is 0 Å². The molecule has 1 aromatic rings. The van der Waals surface area contributed by atoms with Crippen molar-refractivity contribution < 1.29 is 17.9 Å². The first kappa shape index (κ1) is 12.1. The number of ether oxygens (including phenoxy) is 1. The Kier molecular flexibility index (Phi) is 3.55. The zero-order valence-electron chi connectivity index (χ0n) is 8.45. The highest BCUT2D eigenvalue weighted by atomic mass is 32.2. The SMILES string of the molecule is CCOc1nn(C(=O)N=S(=O)=O)c(=O)n1C. The highest BCUT2D eigenvalue weighted by Crippen LogP contribution is 2.00. The molecular weight excluding hydrogens is 240 g/mol. The number of rotatable bonds is 2. The average molecular weight is 248 g/mol. The fourth-order valence-electron chi connectivity index (χ4n) is 0.901. The van der Waals surface area contributed by atoms with Gasteiger partial charge in [-0.1, -0.05) is 4.36 Å². The fourth-order valence-corrected chi connectivity index (χ4v) is 1.11. The van der Waals surface area contributed by atoms with Crippen LogP contribution >= 0.6 is 0 Å². The molecule has 10 heteroatoms. The molecule has 1 aromatic heterocycles. The van der Waals surface area contributed by atoms with E-state index in [-0.39, 0.29) is 12.6 Å². The average Bonchev–Trinajstić information content (AvgIpc) is 2.46. The molecule has 0 atom stereocenters. The van der Waals surface area contributed by atoms with E-state index in [4.69, 9.17) is 4.74 Å². The normalized spacial score (nSPS) is 9.88. The van der Waals surface area contributed by atoms with Crippen molar-refractivity contribution in [2.45, 2.75) is 6.92 Å². The fraction of sp³-hybridized carbons (Fsp3) is 0.500. The second-order valence-corrected chi connectivity index (χ2v) is 3.18. The molecule has 16 heavy (non-hydrogen) atoms. The summed E-state index contributed by atoms with van der Waals surface area (Å²) in [7, 11) is -1.60. The Hall–Kier alpha value is -1.97. The minimum absolute atomic E-state index is 0.0901. The van der Waals surface area contributed by atoms with E-state index in [0.29, 0.717) is 4.68 Å². The highest BCUT2D eigenvalue weighted by Gasteiger charge is 2.16. The molecule has 1 rings (SSSR count). The summed E-state index contributed by atoms with van der Waals surface area (Å²) in [6, 6.07) is -1.38. The summed E-state index contributed by atoms with van der Waals surface area (Å²) in [4.78, 5) is 22.5. The summed E-state index contributed by atoms with van der Waals surface area (Å²) in [6.45, 7) is 1.92. The van der Waals surface area contributed by atoms with Gasteiger partial charge in [0.25, 0.3) is 0 Å². The van der Waals surface area contributed by atoms with Gasteiger partial charge in [-0.05, 0) is 6.92 Å². The van der Waals surface area contributed by atoms with Crippen LogP contribution in [0.1, 0.15) is 6.92 Å². The van der Waals surface area contributed by atoms with Gasteiger partial charge in [0.05, 0.1) is 6.61 Å². The van der Waals surface area contributed by atoms with Crippen LogP contribution in [0.3, 0.4) is 0 Å². The first-order valence-corrected chi connectivity index (χ1v) is 5.14. The van der Waals surface area contributed by atoms with Gasteiger partial charge in [-0.15, -0.1) is 9.78 Å². The van der Waals surface area contributed by atoms with Crippen molar-refractivity contribution in [3.05, 3.63) is 10.5 Å². The van der Waals surface area contributed by atoms with Gasteiger partial charge in [-0.3, -0.25) is 0 Å². The maximum Gasteiger partial charge on any atom is 0.387 e. The summed E-state index contributed by atoms with van der Waals surface area (Å²) >= 11 is 0. The van der Waals surface area contributed by atoms with Crippen molar-refractivity contribution >= 4 is 16.5 Å². The number of carbonyl (C=O) groups excluding carboxylic acids is 1. The molecule has 9 nitrogen and oxygen atoms in total. The van der Waals surface area contributed by atoms with Crippen LogP contribution in [0.4, 0.5) is 4.79 Å². The van der Waals surface area contributed by atoms with Gasteiger partial charge < -0.3 is 4.74 Å². The van der Waals surface area contributed by atoms with Crippen molar-refractivity contribution in [3.63, 3.8) is 0 Å². The van der Waals surface area contributed by atoms with E-state index in [1.807, 2.05) is 0 Å². The first-order chi connectivity index (χ1) is 7.47. The summed E-state index contributed by atoms with van der Waals surface area (Å²) < 4.78 is 29.1. The summed E-state index contributed by atoms with van der Waals surface area (Å²) in [5.74, 6) is 0. The van der Waals surface area contributed by atoms with E-state index in [9.17, 15) is 18.0 Å². The predicted octanol–water partition coefficient (Wildman–Crippen LogP) is -0.989. The van der Waals surface area contributed by atoms with Crippen LogP contribution in [0.2, 0.25) is 0 Å². The second-order valence-electron chi connectivity index (χ2n) is 2.56. The van der Waals surface area contributed by atoms with E-state index in [1.165, 1.54) is 7.05 Å². The van der Waals surface area contributed by atoms with Gasteiger partial charge >= 0.3 is 28.2 Å². The first-order valence-electron chi connectivity index (χ1n) is 4.11. The Bertz CT molecular complexity index is 587. The molecule has 0 unspecified atom stereocenters. The highest BCUT2D eigenvalue weighted by molar-refractivity contribution is 7.62. The summed E-state index contributed by atoms with van der Waals surface area (Å²) in [6.07, 6.45) is 0. The predicted molar refractivity (Wildman–Crippen MR) is 50.8 cm³/mol. The van der Waals surface area contributed by atoms with Crippen LogP contribution in [0.15, 0.2) is 9.16 Å². The number of aromatic nitrogens is 3. The minimum atomic E-state index is -2.93. The van der Waals surface area contributed by atoms with Gasteiger partial charge in [0, 0.05) is 7.05 Å². The molecule has 0 aromatic carbocycles. The zero-order chi connectivity index (χ0) is 12.3. The third-order valence-electron chi connectivity index (χ3n) is 1.55. The van der Waals surface area contributed by atoms with Crippen LogP contribution < -0.4 is 10.4 Å². The molecule has 0 fully saturated rings. The maximum atomic E-state index is 11.4. The molecule has 1 amide bonds. The minimum Gasteiger partial charge on any atom is -0.464 e. The lowest BCUT2D eigenvalue weighted by molar-refractivity contribution is 0.246. The number of hydrogen-bond donors (Lipinski definition) is 0. The second kappa shape index (κ2) is 4.70. The zero-order valence-corrected chi connectivity index (χ0v) is 9.26. The standard InChI is InChI=1S/C6H8N4O5S/c1-3-15-5-7-10(6(12)9(5)2)4(11)8-16(13)14/h3H2,1-2H3. The van der Waals surface area contributed by atoms with Crippen molar-refractivity contribution in [1.82, 2.24) is 14.3 Å². The molecule has 0 bridgehead atoms. The molecule has 1 heterocycles. The molecule has 0 spiro atoms. The third kappa shape index (κ3) is 2.34. The van der Waals surface area contributed by atoms with Gasteiger partial charge in [-0.2, -0.15) is 8.42 Å². The Labute approximate surface area is 91.0 Å². The van der Waals surface area contributed by atoms with Crippen LogP contribution in [-0.4, -0.2) is 35.4 Å². The lowest BCUT2D eigenvalue weighted by Crippen LogP contribution is -2.27. The monoisotopic (exact) mass is 248 g/mol. The Balaban J connectivity index is 3.27. The van der Waals surface area contributed by atoms with E-state index in [0.717, 1.165) is 4.57 Å². The molecule has 88 valence electrons. The van der Waals surface area contributed by atoms with Crippen LogP contribution in [-0.2, 0) is 17.5 Å². The van der Waals surface area contributed by atoms with Crippen molar-refractivity contribution in [1.29, 1.82) is 0 Å². The van der Waals surface area contributed by atoms with E-state index in [2.05, 4.69) is 9.46 Å². The topological polar surface area (TPSA) is 113 Å². The van der Waals surface area contributed by atoms with Crippen molar-refractivity contribution in [3.8, 4) is 6.01 Å². The number of carbonyl (C=O) groups is 1. The molecular formula is C6H8N4O5S. The maximum absolute atomic E-state index is 11.4. The molecule has 0 aliphatic heterocycles. The quantitative estimate of drug-likeness (QED) is 0.664. The number of nitrogens with zero attached hydrogens (tertiary/aromatic N) is 4. The molecule has 0 saturated heterocycles. The Morgan fingerprint density at radius 1 is 1.56 bits per heavy atom. The molecule has 0 aliphatic carbocycles. The van der Waals surface area contributed by atoms with E-state index in [1.54, 1.807) is 6.92 Å². The van der Waals surface area contributed by atoms with Gasteiger partial charge in [0.2, 0.25) is 0 Å². The molecule has 0 radical (unpaired) electrons. The summed E-state index contributed by atoms with van der Waals surface area (Å²) in [5.41, 5.74) is -0.831. The lowest BCUT2D eigenvalue weighted by atomic mass is 10.8. The van der Waals surface area contributed by atoms with Gasteiger partial charge in [-0.25, -0.2) is 14.2 Å². The van der Waals surface area contributed by atoms with Crippen molar-refractivity contribution in [2.75, 3.05) is 6.61 Å². The molecule has 0 aliphatic rings. The third-order valence-corrected chi connectivity index (χ3v) is 1.85. The number of hydrogen-bond acceptors (Lipinski definition) is 6.